The van der Waals surface area contributed by atoms with Crippen LogP contribution in [0.3, 0.4) is 0 Å². The Bertz CT molecular complexity index is 482. The number of alkyl halides is 1. The van der Waals surface area contributed by atoms with Gasteiger partial charge >= 0.3 is 0 Å². The molecule has 0 saturated heterocycles. The van der Waals surface area contributed by atoms with Crippen molar-refractivity contribution in [1.82, 2.24) is 0 Å². The first-order valence-corrected chi connectivity index (χ1v) is 7.20. The molecule has 0 aliphatic heterocycles. The van der Waals surface area contributed by atoms with Crippen LogP contribution in [0.2, 0.25) is 0 Å². The molecule has 1 aromatic rings. The summed E-state index contributed by atoms with van der Waals surface area (Å²) in [7, 11) is -3.57. The summed E-state index contributed by atoms with van der Waals surface area (Å²) in [5.41, 5.74) is 6.48. The van der Waals surface area contributed by atoms with Crippen molar-refractivity contribution in [1.29, 1.82) is 0 Å². The maximum absolute atomic E-state index is 11.8. The van der Waals surface area contributed by atoms with Gasteiger partial charge in [0.05, 0.1) is 0 Å². The Morgan fingerprint density at radius 2 is 1.88 bits per heavy atom. The van der Waals surface area contributed by atoms with Gasteiger partial charge in [-0.25, -0.2) is 8.42 Å². The van der Waals surface area contributed by atoms with Crippen LogP contribution in [0, 0.1) is 0 Å². The van der Waals surface area contributed by atoms with Gasteiger partial charge in [0.1, 0.15) is 6.10 Å². The second-order valence-electron chi connectivity index (χ2n) is 3.96. The van der Waals surface area contributed by atoms with Crippen molar-refractivity contribution in [2.75, 3.05) is 11.5 Å². The van der Waals surface area contributed by atoms with Gasteiger partial charge in [0, 0.05) is 11.4 Å². The molecule has 1 aromatic carbocycles. The molecule has 2 unspecified atom stereocenters. The fourth-order valence-corrected chi connectivity index (χ4v) is 2.92. The minimum atomic E-state index is -3.57. The number of aliphatic hydroxyl groups is 1. The smallest absolute Gasteiger partial charge is 0.172 e. The van der Waals surface area contributed by atoms with Crippen LogP contribution in [-0.2, 0) is 9.84 Å². The van der Waals surface area contributed by atoms with Crippen LogP contribution >= 0.6 is 11.6 Å². The number of rotatable bonds is 4. The van der Waals surface area contributed by atoms with Gasteiger partial charge in [-0.2, -0.15) is 0 Å². The van der Waals surface area contributed by atoms with Crippen molar-refractivity contribution >= 4 is 27.1 Å². The number of hydrogen-bond acceptors (Lipinski definition) is 4. The average Bonchev–Trinajstić information content (AvgIpc) is 2.28. The molecule has 3 N–H and O–H groups in total. The highest BCUT2D eigenvalue weighted by molar-refractivity contribution is 7.94. The zero-order valence-electron chi connectivity index (χ0n) is 9.72. The summed E-state index contributed by atoms with van der Waals surface area (Å²) in [6, 6.07) is 6.30. The maximum atomic E-state index is 11.8. The molecule has 17 heavy (non-hydrogen) atoms. The number of sulfone groups is 1. The van der Waals surface area contributed by atoms with E-state index in [2.05, 4.69) is 0 Å². The third-order valence-electron chi connectivity index (χ3n) is 2.73. The largest absolute Gasteiger partial charge is 0.399 e. The molecule has 1 rings (SSSR count). The molecule has 0 fully saturated rings. The molecule has 0 bridgehead atoms. The molecule has 0 spiro atoms. The van der Waals surface area contributed by atoms with Crippen molar-refractivity contribution in [3.8, 4) is 0 Å². The Morgan fingerprint density at radius 1 is 1.41 bits per heavy atom. The molecule has 0 aliphatic carbocycles. The lowest BCUT2D eigenvalue weighted by molar-refractivity contribution is 0.162. The Morgan fingerprint density at radius 3 is 2.29 bits per heavy atom. The highest BCUT2D eigenvalue weighted by Gasteiger charge is 2.43. The van der Waals surface area contributed by atoms with Gasteiger partial charge in [-0.3, -0.25) is 0 Å². The Labute approximate surface area is 106 Å². The van der Waals surface area contributed by atoms with Crippen molar-refractivity contribution in [3.63, 3.8) is 0 Å². The molecule has 0 radical (unpaired) electrons. The molecule has 96 valence electrons. The molecule has 6 heteroatoms. The number of halogens is 1. The van der Waals surface area contributed by atoms with E-state index in [0.717, 1.165) is 0 Å². The average molecular weight is 278 g/mol. The van der Waals surface area contributed by atoms with Crippen LogP contribution in [0.25, 0.3) is 0 Å². The lowest BCUT2D eigenvalue weighted by atomic mass is 10.1. The third-order valence-corrected chi connectivity index (χ3v) is 5.84. The molecule has 0 saturated carbocycles. The highest BCUT2D eigenvalue weighted by atomic mass is 35.5. The summed E-state index contributed by atoms with van der Waals surface area (Å²) < 4.78 is 21.8. The molecule has 0 aliphatic rings. The highest BCUT2D eigenvalue weighted by Crippen LogP contribution is 2.37. The van der Waals surface area contributed by atoms with Gasteiger partial charge < -0.3 is 10.8 Å². The summed E-state index contributed by atoms with van der Waals surface area (Å²) in [4.78, 5) is 0. The Balaban J connectivity index is 3.12. The second kappa shape index (κ2) is 4.84. The van der Waals surface area contributed by atoms with Crippen LogP contribution in [0.5, 0.6) is 0 Å². The number of anilines is 1. The number of benzene rings is 1. The summed E-state index contributed by atoms with van der Waals surface area (Å²) in [5.74, 6) is -0.126. The van der Waals surface area contributed by atoms with Gasteiger partial charge in [-0.15, -0.1) is 0 Å². The summed E-state index contributed by atoms with van der Waals surface area (Å²) in [5, 5.41) is 10.1. The van der Waals surface area contributed by atoms with Crippen LogP contribution < -0.4 is 5.73 Å². The van der Waals surface area contributed by atoms with Crippen molar-refractivity contribution in [2.24, 2.45) is 0 Å². The minimum absolute atomic E-state index is 0.126. The van der Waals surface area contributed by atoms with E-state index >= 15 is 0 Å². The van der Waals surface area contributed by atoms with E-state index in [9.17, 15) is 13.5 Å². The van der Waals surface area contributed by atoms with Gasteiger partial charge in [-0.1, -0.05) is 30.7 Å². The van der Waals surface area contributed by atoms with Gasteiger partial charge in [-0.05, 0) is 24.6 Å². The van der Waals surface area contributed by atoms with Gasteiger partial charge in [0.15, 0.2) is 14.0 Å². The normalized spacial score (nSPS) is 17.4. The number of hydrogen-bond donors (Lipinski definition) is 2. The van der Waals surface area contributed by atoms with Crippen molar-refractivity contribution in [2.45, 2.75) is 24.2 Å². The van der Waals surface area contributed by atoms with Crippen LogP contribution in [0.15, 0.2) is 24.3 Å². The third kappa shape index (κ3) is 2.73. The number of nitrogen functional groups attached to an aromatic ring is 1. The molecule has 4 nitrogen and oxygen atoms in total. The SMILES string of the molecule is CCS(=O)(=O)C(C)(Cl)C(O)c1ccc(N)cc1. The molecule has 0 aromatic heterocycles. The zero-order valence-corrected chi connectivity index (χ0v) is 11.3. The lowest BCUT2D eigenvalue weighted by Gasteiger charge is -2.27. The van der Waals surface area contributed by atoms with E-state index in [1.165, 1.54) is 13.8 Å². The van der Waals surface area contributed by atoms with E-state index in [0.29, 0.717) is 11.3 Å². The predicted molar refractivity (Wildman–Crippen MR) is 69.5 cm³/mol. The quantitative estimate of drug-likeness (QED) is 0.648. The fraction of sp³-hybridized carbons (Fsp3) is 0.455. The summed E-state index contributed by atoms with van der Waals surface area (Å²) in [6.45, 7) is 2.79. The molecule has 0 amide bonds. The number of aliphatic hydroxyl groups excluding tert-OH is 1. The molecule has 2 atom stereocenters. The van der Waals surface area contributed by atoms with Crippen molar-refractivity contribution < 1.29 is 13.5 Å². The summed E-state index contributed by atoms with van der Waals surface area (Å²) in [6.07, 6.45) is -1.30. The molecular weight excluding hydrogens is 262 g/mol. The monoisotopic (exact) mass is 277 g/mol. The van der Waals surface area contributed by atoms with Crippen LogP contribution in [-0.4, -0.2) is 23.5 Å². The molecular formula is C11H16ClNO3S. The van der Waals surface area contributed by atoms with Crippen LogP contribution in [0.1, 0.15) is 25.5 Å². The van der Waals surface area contributed by atoms with E-state index in [1.54, 1.807) is 24.3 Å². The standard InChI is InChI=1S/C11H16ClNO3S/c1-3-17(15,16)11(2,12)10(14)8-4-6-9(13)7-5-8/h4-7,10,14H,3,13H2,1-2H3. The van der Waals surface area contributed by atoms with E-state index in [-0.39, 0.29) is 5.75 Å². The second-order valence-corrected chi connectivity index (χ2v) is 7.62. The Hall–Kier alpha value is -0.780. The lowest BCUT2D eigenvalue weighted by Crippen LogP contribution is -2.37. The fourth-order valence-electron chi connectivity index (χ4n) is 1.43. The van der Waals surface area contributed by atoms with Gasteiger partial charge in [0.25, 0.3) is 0 Å². The predicted octanol–water partition coefficient (Wildman–Crippen LogP) is 1.69. The van der Waals surface area contributed by atoms with E-state index in [4.69, 9.17) is 17.3 Å². The van der Waals surface area contributed by atoms with Crippen molar-refractivity contribution in [3.05, 3.63) is 29.8 Å². The Kier molecular flexibility index (Phi) is 4.06. The first-order chi connectivity index (χ1) is 7.72. The maximum Gasteiger partial charge on any atom is 0.172 e. The summed E-state index contributed by atoms with van der Waals surface area (Å²) >= 11 is 5.98. The first kappa shape index (κ1) is 14.3. The van der Waals surface area contributed by atoms with E-state index in [1.807, 2.05) is 0 Å². The van der Waals surface area contributed by atoms with E-state index < -0.39 is 20.1 Å². The zero-order chi connectivity index (χ0) is 13.3. The minimum Gasteiger partial charge on any atom is -0.399 e. The first-order valence-electron chi connectivity index (χ1n) is 5.17. The molecule has 0 heterocycles. The van der Waals surface area contributed by atoms with Crippen LogP contribution in [0.4, 0.5) is 5.69 Å². The van der Waals surface area contributed by atoms with Gasteiger partial charge in [0.2, 0.25) is 0 Å². The number of nitrogens with two attached hydrogens (primary N) is 1. The topological polar surface area (TPSA) is 80.4 Å².